The molecule has 2 aliphatic rings. The molecule has 0 aromatic carbocycles. The average Bonchev–Trinajstić information content (AvgIpc) is 3.13. The van der Waals surface area contributed by atoms with E-state index in [-0.39, 0.29) is 28.9 Å². The van der Waals surface area contributed by atoms with E-state index in [2.05, 4.69) is 15.5 Å². The molecule has 30 heavy (non-hydrogen) atoms. The first kappa shape index (κ1) is 21.6. The van der Waals surface area contributed by atoms with Crippen LogP contribution in [-0.2, 0) is 28.8 Å². The number of carbonyl (C=O) groups is 4. The molecule has 0 radical (unpaired) electrons. The number of fused-ring (bicyclic) bond motifs is 1. The summed E-state index contributed by atoms with van der Waals surface area (Å²) in [5.41, 5.74) is 5.54. The number of hydrogen-bond acceptors (Lipinski definition) is 11. The molecule has 0 saturated carbocycles. The van der Waals surface area contributed by atoms with Gasteiger partial charge in [0.2, 0.25) is 0 Å². The van der Waals surface area contributed by atoms with Crippen molar-refractivity contribution in [2.24, 2.45) is 5.16 Å². The number of carboxylic acids is 1. The fourth-order valence-electron chi connectivity index (χ4n) is 2.88. The van der Waals surface area contributed by atoms with Gasteiger partial charge in [-0.25, -0.2) is 9.78 Å². The molecule has 2 aliphatic heterocycles. The number of esters is 1. The van der Waals surface area contributed by atoms with Crippen LogP contribution in [0.2, 0.25) is 0 Å². The molecule has 1 aromatic rings. The van der Waals surface area contributed by atoms with Crippen molar-refractivity contribution in [3.63, 3.8) is 0 Å². The van der Waals surface area contributed by atoms with Crippen LogP contribution in [-0.4, -0.2) is 75.3 Å². The van der Waals surface area contributed by atoms with Gasteiger partial charge in [0.15, 0.2) is 10.8 Å². The van der Waals surface area contributed by atoms with E-state index in [4.69, 9.17) is 15.3 Å². The second kappa shape index (κ2) is 8.71. The minimum absolute atomic E-state index is 0.108. The standard InChI is InChI=1S/C16H17N5O7S2/c1-6(22)28-4-7-5-29-14-10(13(24)21(14)11(7)15(25)26)19-12(23)9(20-27-2)8-3-18-16(17)30-8/h3,10,14H,4-5H2,1-2H3,(H2,17,18)(H,19,23)(H,25,26)/b20-9+/t10-,14-/m1/s1. The zero-order valence-corrected chi connectivity index (χ0v) is 17.4. The number of nitrogens with one attached hydrogen (secondary N) is 1. The Labute approximate surface area is 178 Å². The predicted molar refractivity (Wildman–Crippen MR) is 106 cm³/mol. The number of aromatic nitrogens is 1. The number of nitrogen functional groups attached to an aromatic ring is 1. The Hall–Kier alpha value is -3.13. The van der Waals surface area contributed by atoms with Crippen LogP contribution >= 0.6 is 23.1 Å². The number of amides is 2. The number of oxime groups is 1. The highest BCUT2D eigenvalue weighted by atomic mass is 32.2. The molecule has 0 spiro atoms. The first-order valence-corrected chi connectivity index (χ1v) is 10.3. The monoisotopic (exact) mass is 455 g/mol. The summed E-state index contributed by atoms with van der Waals surface area (Å²) >= 11 is 2.27. The number of β-lactam (4-membered cyclic amide) rings is 1. The highest BCUT2D eigenvalue weighted by molar-refractivity contribution is 8.00. The van der Waals surface area contributed by atoms with E-state index in [0.29, 0.717) is 10.5 Å². The summed E-state index contributed by atoms with van der Waals surface area (Å²) in [6.45, 7) is 0.977. The van der Waals surface area contributed by atoms with E-state index in [1.54, 1.807) is 0 Å². The summed E-state index contributed by atoms with van der Waals surface area (Å²) in [5.74, 6) is -2.94. The maximum atomic E-state index is 12.7. The van der Waals surface area contributed by atoms with Crippen molar-refractivity contribution in [1.29, 1.82) is 0 Å². The number of carbonyl (C=O) groups excluding carboxylic acids is 3. The lowest BCUT2D eigenvalue weighted by Gasteiger charge is -2.49. The quantitative estimate of drug-likeness (QED) is 0.208. The Balaban J connectivity index is 1.77. The highest BCUT2D eigenvalue weighted by Gasteiger charge is 2.54. The summed E-state index contributed by atoms with van der Waals surface area (Å²) in [6, 6.07) is -0.959. The lowest BCUT2D eigenvalue weighted by atomic mass is 10.0. The smallest absolute Gasteiger partial charge is 0.352 e. The first-order chi connectivity index (χ1) is 14.2. The number of anilines is 1. The Kier molecular flexibility index (Phi) is 6.26. The molecule has 2 amide bonds. The summed E-state index contributed by atoms with van der Waals surface area (Å²) in [5, 5.41) is 15.4. The lowest BCUT2D eigenvalue weighted by Crippen LogP contribution is -2.71. The molecule has 3 rings (SSSR count). The van der Waals surface area contributed by atoms with Gasteiger partial charge in [0, 0.05) is 24.4 Å². The van der Waals surface area contributed by atoms with E-state index in [1.165, 1.54) is 32.0 Å². The predicted octanol–water partition coefficient (Wildman–Crippen LogP) is -0.622. The van der Waals surface area contributed by atoms with E-state index in [9.17, 15) is 24.3 Å². The van der Waals surface area contributed by atoms with Gasteiger partial charge in [-0.2, -0.15) is 0 Å². The maximum Gasteiger partial charge on any atom is 0.352 e. The first-order valence-electron chi connectivity index (χ1n) is 8.41. The fourth-order valence-corrected chi connectivity index (χ4v) is 4.87. The second-order valence-corrected chi connectivity index (χ2v) is 8.25. The number of aliphatic carboxylic acids is 1. The normalized spacial score (nSPS) is 20.9. The lowest BCUT2D eigenvalue weighted by molar-refractivity contribution is -0.150. The number of nitrogens with two attached hydrogens (primary N) is 1. The van der Waals surface area contributed by atoms with Gasteiger partial charge in [0.05, 0.1) is 4.88 Å². The zero-order chi connectivity index (χ0) is 22.0. The van der Waals surface area contributed by atoms with Crippen LogP contribution in [0.4, 0.5) is 5.13 Å². The van der Waals surface area contributed by atoms with Crippen molar-refractivity contribution < 1.29 is 33.9 Å². The summed E-state index contributed by atoms with van der Waals surface area (Å²) < 4.78 is 4.88. The minimum Gasteiger partial charge on any atom is -0.477 e. The molecule has 2 atom stereocenters. The molecule has 1 saturated heterocycles. The SMILES string of the molecule is CO/N=C(/C(=O)N[C@@H]1C(=O)N2C(C(=O)O)=C(COC(C)=O)CS[C@H]12)c1cnc(N)s1. The van der Waals surface area contributed by atoms with Crippen LogP contribution in [0.5, 0.6) is 0 Å². The number of thioether (sulfide) groups is 1. The number of carboxylic acid groups (broad SMARTS) is 1. The molecular weight excluding hydrogens is 438 g/mol. The van der Waals surface area contributed by atoms with Crippen LogP contribution in [0.25, 0.3) is 0 Å². The molecule has 3 heterocycles. The molecule has 0 aliphatic carbocycles. The Bertz CT molecular complexity index is 973. The molecule has 0 bridgehead atoms. The fraction of sp³-hybridized carbons (Fsp3) is 0.375. The molecule has 160 valence electrons. The van der Waals surface area contributed by atoms with Gasteiger partial charge in [0.25, 0.3) is 11.8 Å². The van der Waals surface area contributed by atoms with Crippen molar-refractivity contribution >= 4 is 57.7 Å². The Morgan fingerprint density at radius 1 is 1.47 bits per heavy atom. The van der Waals surface area contributed by atoms with Gasteiger partial charge in [-0.1, -0.05) is 16.5 Å². The van der Waals surface area contributed by atoms with E-state index < -0.39 is 35.2 Å². The molecule has 14 heteroatoms. The molecule has 1 fully saturated rings. The van der Waals surface area contributed by atoms with Crippen molar-refractivity contribution in [3.05, 3.63) is 22.3 Å². The molecule has 4 N–H and O–H groups in total. The number of thiazole rings is 1. The third-order valence-electron chi connectivity index (χ3n) is 4.14. The topological polar surface area (TPSA) is 174 Å². The second-order valence-electron chi connectivity index (χ2n) is 6.08. The minimum atomic E-state index is -1.32. The van der Waals surface area contributed by atoms with Crippen LogP contribution < -0.4 is 11.1 Å². The van der Waals surface area contributed by atoms with Gasteiger partial charge in [-0.05, 0) is 0 Å². The highest BCUT2D eigenvalue weighted by Crippen LogP contribution is 2.40. The van der Waals surface area contributed by atoms with Crippen LogP contribution in [0.1, 0.15) is 11.8 Å². The van der Waals surface area contributed by atoms with E-state index in [1.807, 2.05) is 0 Å². The summed E-state index contributed by atoms with van der Waals surface area (Å²) in [4.78, 5) is 58.1. The van der Waals surface area contributed by atoms with Crippen LogP contribution in [0.3, 0.4) is 0 Å². The average molecular weight is 455 g/mol. The molecule has 0 unspecified atom stereocenters. The van der Waals surface area contributed by atoms with Crippen LogP contribution in [0, 0.1) is 0 Å². The molecule has 1 aromatic heterocycles. The van der Waals surface area contributed by atoms with Crippen molar-refractivity contribution in [2.45, 2.75) is 18.3 Å². The largest absolute Gasteiger partial charge is 0.477 e. The number of hydrogen-bond donors (Lipinski definition) is 3. The Morgan fingerprint density at radius 3 is 2.77 bits per heavy atom. The van der Waals surface area contributed by atoms with Gasteiger partial charge in [0.1, 0.15) is 30.8 Å². The van der Waals surface area contributed by atoms with E-state index >= 15 is 0 Å². The van der Waals surface area contributed by atoms with Gasteiger partial charge < -0.3 is 25.7 Å². The van der Waals surface area contributed by atoms with Gasteiger partial charge in [-0.3, -0.25) is 19.3 Å². The summed E-state index contributed by atoms with van der Waals surface area (Å²) in [7, 11) is 1.26. The zero-order valence-electron chi connectivity index (χ0n) is 15.8. The van der Waals surface area contributed by atoms with Gasteiger partial charge >= 0.3 is 11.9 Å². The van der Waals surface area contributed by atoms with Crippen molar-refractivity contribution in [2.75, 3.05) is 25.2 Å². The third-order valence-corrected chi connectivity index (χ3v) is 6.31. The van der Waals surface area contributed by atoms with E-state index in [0.717, 1.165) is 16.2 Å². The Morgan fingerprint density at radius 2 is 2.20 bits per heavy atom. The van der Waals surface area contributed by atoms with Crippen molar-refractivity contribution in [1.82, 2.24) is 15.2 Å². The third kappa shape index (κ3) is 4.09. The van der Waals surface area contributed by atoms with Crippen molar-refractivity contribution in [3.8, 4) is 0 Å². The maximum absolute atomic E-state index is 12.7. The number of rotatable bonds is 7. The molecule has 12 nitrogen and oxygen atoms in total. The van der Waals surface area contributed by atoms with Gasteiger partial charge in [-0.15, -0.1) is 11.8 Å². The number of ether oxygens (including phenoxy) is 1. The number of nitrogens with zero attached hydrogens (tertiary/aromatic N) is 3. The van der Waals surface area contributed by atoms with Crippen LogP contribution in [0.15, 0.2) is 22.6 Å². The molecular formula is C16H17N5O7S2. The summed E-state index contributed by atoms with van der Waals surface area (Å²) in [6.07, 6.45) is 1.36.